The molecule has 3 aromatic rings. The molecule has 154 valence electrons. The van der Waals surface area contributed by atoms with Gasteiger partial charge in [-0.2, -0.15) is 4.98 Å². The van der Waals surface area contributed by atoms with Crippen molar-refractivity contribution < 1.29 is 23.7 Å². The molecule has 1 saturated heterocycles. The molecule has 2 heterocycles. The first-order chi connectivity index (χ1) is 14.6. The maximum Gasteiger partial charge on any atom is 0.269 e. The molecule has 0 unspecified atom stereocenters. The highest BCUT2D eigenvalue weighted by molar-refractivity contribution is 5.78. The summed E-state index contributed by atoms with van der Waals surface area (Å²) in [5.41, 5.74) is 1.21. The zero-order valence-electron chi connectivity index (χ0n) is 15.9. The van der Waals surface area contributed by atoms with Crippen LogP contribution in [0.4, 0.5) is 5.69 Å². The third-order valence-electron chi connectivity index (χ3n) is 4.57. The highest BCUT2D eigenvalue weighted by Crippen LogP contribution is 2.26. The zero-order chi connectivity index (χ0) is 20.9. The molecule has 1 aliphatic heterocycles. The van der Waals surface area contributed by atoms with Crippen LogP contribution in [0.3, 0.4) is 0 Å². The molecule has 10 nitrogen and oxygen atoms in total. The van der Waals surface area contributed by atoms with Crippen molar-refractivity contribution in [2.45, 2.75) is 0 Å². The quantitative estimate of drug-likeness (QED) is 0.449. The van der Waals surface area contributed by atoms with Gasteiger partial charge in [-0.1, -0.05) is 17.3 Å². The number of aromatic nitrogens is 2. The zero-order valence-corrected chi connectivity index (χ0v) is 15.9. The Bertz CT molecular complexity index is 1040. The van der Waals surface area contributed by atoms with Crippen molar-refractivity contribution in [1.82, 2.24) is 15.0 Å². The lowest BCUT2D eigenvalue weighted by Gasteiger charge is -2.26. The Labute approximate surface area is 171 Å². The van der Waals surface area contributed by atoms with E-state index in [1.165, 1.54) is 12.1 Å². The smallest absolute Gasteiger partial charge is 0.269 e. The van der Waals surface area contributed by atoms with Crippen molar-refractivity contribution in [1.29, 1.82) is 0 Å². The van der Waals surface area contributed by atoms with Gasteiger partial charge in [-0.25, -0.2) is 0 Å². The maximum atomic E-state index is 12.2. The number of nitrogens with zero attached hydrogens (tertiary/aromatic N) is 4. The van der Waals surface area contributed by atoms with Gasteiger partial charge in [0.25, 0.3) is 17.5 Å². The van der Waals surface area contributed by atoms with Crippen LogP contribution in [0.25, 0.3) is 22.8 Å². The molecule has 2 aromatic carbocycles. The predicted octanol–water partition coefficient (Wildman–Crippen LogP) is 2.55. The molecule has 0 atom stereocenters. The van der Waals surface area contributed by atoms with E-state index in [2.05, 4.69) is 10.1 Å². The first kappa shape index (κ1) is 19.5. The molecular weight excluding hydrogens is 392 g/mol. The Kier molecular flexibility index (Phi) is 5.66. The Balaban J connectivity index is 1.43. The fraction of sp³-hybridized carbons (Fsp3) is 0.250. The lowest BCUT2D eigenvalue weighted by molar-refractivity contribution is -0.384. The first-order valence-corrected chi connectivity index (χ1v) is 9.27. The van der Waals surface area contributed by atoms with Gasteiger partial charge in [0.05, 0.1) is 18.1 Å². The van der Waals surface area contributed by atoms with E-state index in [0.717, 1.165) is 0 Å². The Morgan fingerprint density at radius 3 is 2.63 bits per heavy atom. The molecule has 30 heavy (non-hydrogen) atoms. The molecule has 4 rings (SSSR count). The molecule has 1 amide bonds. The summed E-state index contributed by atoms with van der Waals surface area (Å²) in [5.74, 6) is 1.00. The second-order valence-corrected chi connectivity index (χ2v) is 6.54. The Morgan fingerprint density at radius 1 is 1.13 bits per heavy atom. The summed E-state index contributed by atoms with van der Waals surface area (Å²) in [5, 5.41) is 14.7. The van der Waals surface area contributed by atoms with E-state index in [1.807, 2.05) is 0 Å². The van der Waals surface area contributed by atoms with Crippen molar-refractivity contribution in [3.63, 3.8) is 0 Å². The van der Waals surface area contributed by atoms with Crippen LogP contribution in [0.5, 0.6) is 5.75 Å². The Hall–Kier alpha value is -3.79. The van der Waals surface area contributed by atoms with Gasteiger partial charge in [0.2, 0.25) is 5.82 Å². The molecule has 1 fully saturated rings. The van der Waals surface area contributed by atoms with Gasteiger partial charge in [0.15, 0.2) is 6.61 Å². The fourth-order valence-corrected chi connectivity index (χ4v) is 2.96. The van der Waals surface area contributed by atoms with Crippen LogP contribution >= 0.6 is 0 Å². The minimum atomic E-state index is -0.474. The molecule has 0 bridgehead atoms. The van der Waals surface area contributed by atoms with Crippen LogP contribution in [0, 0.1) is 10.1 Å². The van der Waals surface area contributed by atoms with Gasteiger partial charge < -0.3 is 18.9 Å². The van der Waals surface area contributed by atoms with Crippen molar-refractivity contribution in [3.05, 3.63) is 58.6 Å². The summed E-state index contributed by atoms with van der Waals surface area (Å²) in [6.07, 6.45) is 0. The molecule has 0 aliphatic carbocycles. The van der Waals surface area contributed by atoms with E-state index < -0.39 is 4.92 Å². The molecule has 1 aliphatic rings. The third-order valence-corrected chi connectivity index (χ3v) is 4.57. The van der Waals surface area contributed by atoms with E-state index in [1.54, 1.807) is 41.3 Å². The molecule has 0 radical (unpaired) electrons. The second-order valence-electron chi connectivity index (χ2n) is 6.54. The SMILES string of the molecule is O=C(COc1cccc(-c2noc(-c3ccc([N+](=O)[O-])cc3)n2)c1)N1CCOCC1. The average molecular weight is 410 g/mol. The van der Waals surface area contributed by atoms with Crippen molar-refractivity contribution in [3.8, 4) is 28.6 Å². The number of rotatable bonds is 6. The molecule has 1 aromatic heterocycles. The van der Waals surface area contributed by atoms with E-state index in [9.17, 15) is 14.9 Å². The van der Waals surface area contributed by atoms with Gasteiger partial charge in [-0.05, 0) is 24.3 Å². The summed E-state index contributed by atoms with van der Waals surface area (Å²) < 4.78 is 16.1. The number of ether oxygens (including phenoxy) is 2. The lowest BCUT2D eigenvalue weighted by Crippen LogP contribution is -2.42. The lowest BCUT2D eigenvalue weighted by atomic mass is 10.2. The summed E-state index contributed by atoms with van der Waals surface area (Å²) in [7, 11) is 0. The van der Waals surface area contributed by atoms with Gasteiger partial charge in [-0.15, -0.1) is 0 Å². The van der Waals surface area contributed by atoms with Crippen molar-refractivity contribution in [2.75, 3.05) is 32.9 Å². The molecule has 0 spiro atoms. The maximum absolute atomic E-state index is 12.2. The van der Waals surface area contributed by atoms with Gasteiger partial charge >= 0.3 is 0 Å². The van der Waals surface area contributed by atoms with Crippen molar-refractivity contribution in [2.24, 2.45) is 0 Å². The van der Waals surface area contributed by atoms with Crippen LogP contribution in [-0.2, 0) is 9.53 Å². The first-order valence-electron chi connectivity index (χ1n) is 9.27. The number of amides is 1. The largest absolute Gasteiger partial charge is 0.484 e. The highest BCUT2D eigenvalue weighted by Gasteiger charge is 2.18. The molecule has 10 heteroatoms. The van der Waals surface area contributed by atoms with E-state index in [-0.39, 0.29) is 24.1 Å². The normalized spacial score (nSPS) is 13.8. The highest BCUT2D eigenvalue weighted by atomic mass is 16.6. The minimum Gasteiger partial charge on any atom is -0.484 e. The topological polar surface area (TPSA) is 121 Å². The third kappa shape index (κ3) is 4.44. The van der Waals surface area contributed by atoms with Crippen LogP contribution in [0.1, 0.15) is 0 Å². The summed E-state index contributed by atoms with van der Waals surface area (Å²) in [6, 6.07) is 12.9. The summed E-state index contributed by atoms with van der Waals surface area (Å²) in [4.78, 5) is 28.6. The van der Waals surface area contributed by atoms with Gasteiger partial charge in [0.1, 0.15) is 5.75 Å². The summed E-state index contributed by atoms with van der Waals surface area (Å²) >= 11 is 0. The van der Waals surface area contributed by atoms with Crippen LogP contribution in [0.15, 0.2) is 53.1 Å². The predicted molar refractivity (Wildman–Crippen MR) is 105 cm³/mol. The standard InChI is InChI=1S/C20H18N4O6/c25-18(23-8-10-28-11-9-23)13-29-17-3-1-2-15(12-17)19-21-20(30-22-19)14-4-6-16(7-5-14)24(26)27/h1-7,12H,8-11,13H2. The van der Waals surface area contributed by atoms with E-state index in [4.69, 9.17) is 14.0 Å². The number of carbonyl (C=O) groups is 1. The summed E-state index contributed by atoms with van der Waals surface area (Å²) in [6.45, 7) is 2.14. The monoisotopic (exact) mass is 410 g/mol. The number of carbonyl (C=O) groups excluding carboxylic acids is 1. The van der Waals surface area contributed by atoms with Crippen LogP contribution in [-0.4, -0.2) is 58.8 Å². The second kappa shape index (κ2) is 8.70. The van der Waals surface area contributed by atoms with Crippen molar-refractivity contribution >= 4 is 11.6 Å². The van der Waals surface area contributed by atoms with E-state index >= 15 is 0 Å². The number of nitro benzene ring substituents is 1. The average Bonchev–Trinajstić information content (AvgIpc) is 3.29. The Morgan fingerprint density at radius 2 is 1.90 bits per heavy atom. The van der Waals surface area contributed by atoms with Crippen LogP contribution in [0.2, 0.25) is 0 Å². The van der Waals surface area contributed by atoms with Crippen LogP contribution < -0.4 is 4.74 Å². The van der Waals surface area contributed by atoms with Gasteiger partial charge in [-0.3, -0.25) is 14.9 Å². The number of hydrogen-bond acceptors (Lipinski definition) is 8. The molecule has 0 N–H and O–H groups in total. The number of morpholine rings is 1. The number of hydrogen-bond donors (Lipinski definition) is 0. The number of benzene rings is 2. The van der Waals surface area contributed by atoms with Gasteiger partial charge in [0, 0.05) is 36.3 Å². The number of nitro groups is 1. The molecule has 0 saturated carbocycles. The molecular formula is C20H18N4O6. The van der Waals surface area contributed by atoms with E-state index in [0.29, 0.717) is 49.0 Å². The fourth-order valence-electron chi connectivity index (χ4n) is 2.96. The minimum absolute atomic E-state index is 0.0186. The number of non-ortho nitro benzene ring substituents is 1.